The number of aryl methyl sites for hydroxylation is 1. The van der Waals surface area contributed by atoms with E-state index in [1.165, 1.54) is 11.3 Å². The van der Waals surface area contributed by atoms with Crippen molar-refractivity contribution in [3.63, 3.8) is 0 Å². The minimum atomic E-state index is -3.47. The normalized spacial score (nSPS) is 16.3. The molecule has 0 unspecified atom stereocenters. The molecule has 2 N–H and O–H groups in total. The van der Waals surface area contributed by atoms with Crippen LogP contribution in [0, 0.1) is 6.92 Å². The molecule has 1 fully saturated rings. The average molecular weight is 370 g/mol. The summed E-state index contributed by atoms with van der Waals surface area (Å²) in [5, 5.41) is 8.11. The van der Waals surface area contributed by atoms with Crippen LogP contribution in [0.4, 0.5) is 10.6 Å². The first kappa shape index (κ1) is 16.9. The molecule has 0 spiro atoms. The number of nitrogens with one attached hydrogen (secondary N) is 2. The van der Waals surface area contributed by atoms with Gasteiger partial charge >= 0.3 is 6.03 Å². The number of urea groups is 1. The summed E-state index contributed by atoms with van der Waals surface area (Å²) in [6.07, 6.45) is 1.13. The van der Waals surface area contributed by atoms with Crippen molar-refractivity contribution < 1.29 is 17.7 Å². The van der Waals surface area contributed by atoms with Gasteiger partial charge in [-0.25, -0.2) is 17.9 Å². The van der Waals surface area contributed by atoms with E-state index >= 15 is 0 Å². The van der Waals surface area contributed by atoms with Crippen molar-refractivity contribution in [2.45, 2.75) is 30.0 Å². The average Bonchev–Trinajstić information content (AvgIpc) is 3.20. The lowest BCUT2D eigenvalue weighted by atomic mass is 10.1. The van der Waals surface area contributed by atoms with E-state index in [0.717, 1.165) is 0 Å². The van der Waals surface area contributed by atoms with Crippen molar-refractivity contribution >= 4 is 33.2 Å². The highest BCUT2D eigenvalue weighted by atomic mass is 32.2. The third kappa shape index (κ3) is 3.94. The highest BCUT2D eigenvalue weighted by Gasteiger charge is 2.27. The SMILES string of the molecule is Cc1cc(NC(=O)N2CCC(NS(=O)(=O)c3cccs3)CC2)no1. The second kappa shape index (κ2) is 6.91. The van der Waals surface area contributed by atoms with Crippen molar-refractivity contribution in [1.29, 1.82) is 0 Å². The molecule has 2 aromatic heterocycles. The van der Waals surface area contributed by atoms with E-state index in [1.807, 2.05) is 0 Å². The Morgan fingerprint density at radius 3 is 2.75 bits per heavy atom. The standard InChI is InChI=1S/C14H18N4O4S2/c1-10-9-12(16-22-10)15-14(19)18-6-4-11(5-7-18)17-24(20,21)13-3-2-8-23-13/h2-3,8-9,11,17H,4-7H2,1H3,(H,15,16,19). The maximum Gasteiger partial charge on any atom is 0.323 e. The van der Waals surface area contributed by atoms with Gasteiger partial charge in [-0.05, 0) is 31.2 Å². The topological polar surface area (TPSA) is 105 Å². The van der Waals surface area contributed by atoms with Crippen LogP contribution in [0.3, 0.4) is 0 Å². The molecule has 0 atom stereocenters. The first-order chi connectivity index (χ1) is 11.4. The molecule has 24 heavy (non-hydrogen) atoms. The molecule has 1 saturated heterocycles. The number of sulfonamides is 1. The van der Waals surface area contributed by atoms with Crippen LogP contribution in [0.2, 0.25) is 0 Å². The Morgan fingerprint density at radius 2 is 2.17 bits per heavy atom. The number of rotatable bonds is 4. The third-order valence-electron chi connectivity index (χ3n) is 3.73. The molecule has 8 nitrogen and oxygen atoms in total. The lowest BCUT2D eigenvalue weighted by Crippen LogP contribution is -2.47. The van der Waals surface area contributed by atoms with E-state index in [0.29, 0.717) is 41.7 Å². The van der Waals surface area contributed by atoms with E-state index < -0.39 is 10.0 Å². The molecular weight excluding hydrogens is 352 g/mol. The summed E-state index contributed by atoms with van der Waals surface area (Å²) in [6, 6.07) is 4.49. The Kier molecular flexibility index (Phi) is 4.88. The highest BCUT2D eigenvalue weighted by Crippen LogP contribution is 2.19. The number of carbonyl (C=O) groups is 1. The predicted octanol–water partition coefficient (Wildman–Crippen LogP) is 2.02. The Morgan fingerprint density at radius 1 is 1.42 bits per heavy atom. The van der Waals surface area contributed by atoms with E-state index in [1.54, 1.807) is 35.4 Å². The molecule has 1 aliphatic rings. The molecule has 0 bridgehead atoms. The zero-order chi connectivity index (χ0) is 17.2. The van der Waals surface area contributed by atoms with Crippen molar-refractivity contribution in [2.75, 3.05) is 18.4 Å². The molecule has 3 heterocycles. The fourth-order valence-corrected chi connectivity index (χ4v) is 4.82. The van der Waals surface area contributed by atoms with Crippen molar-refractivity contribution in [1.82, 2.24) is 14.8 Å². The lowest BCUT2D eigenvalue weighted by molar-refractivity contribution is 0.192. The van der Waals surface area contributed by atoms with Crippen LogP contribution in [-0.2, 0) is 10.0 Å². The second-order valence-electron chi connectivity index (χ2n) is 5.57. The summed E-state index contributed by atoms with van der Waals surface area (Å²) >= 11 is 1.19. The van der Waals surface area contributed by atoms with Crippen molar-refractivity contribution in [3.8, 4) is 0 Å². The molecule has 1 aliphatic heterocycles. The van der Waals surface area contributed by atoms with Crippen LogP contribution in [0.5, 0.6) is 0 Å². The van der Waals surface area contributed by atoms with E-state index in [9.17, 15) is 13.2 Å². The van der Waals surface area contributed by atoms with Gasteiger partial charge in [-0.15, -0.1) is 11.3 Å². The molecule has 0 radical (unpaired) electrons. The first-order valence-corrected chi connectivity index (χ1v) is 9.85. The summed E-state index contributed by atoms with van der Waals surface area (Å²) in [5.74, 6) is 0.991. The Hall–Kier alpha value is -1.91. The van der Waals surface area contributed by atoms with Crippen molar-refractivity contribution in [2.24, 2.45) is 0 Å². The van der Waals surface area contributed by atoms with Gasteiger partial charge in [-0.3, -0.25) is 5.32 Å². The third-order valence-corrected chi connectivity index (χ3v) is 6.64. The summed E-state index contributed by atoms with van der Waals surface area (Å²) in [4.78, 5) is 13.8. The van der Waals surface area contributed by atoms with Gasteiger partial charge in [0.25, 0.3) is 0 Å². The van der Waals surface area contributed by atoms with Gasteiger partial charge < -0.3 is 9.42 Å². The molecule has 0 aliphatic carbocycles. The quantitative estimate of drug-likeness (QED) is 0.857. The number of hydrogen-bond donors (Lipinski definition) is 2. The van der Waals surface area contributed by atoms with Gasteiger partial charge in [0.05, 0.1) is 0 Å². The lowest BCUT2D eigenvalue weighted by Gasteiger charge is -2.31. The number of amides is 2. The number of anilines is 1. The zero-order valence-electron chi connectivity index (χ0n) is 13.1. The number of carbonyl (C=O) groups excluding carboxylic acids is 1. The van der Waals surface area contributed by atoms with Gasteiger partial charge in [0.1, 0.15) is 9.97 Å². The highest BCUT2D eigenvalue weighted by molar-refractivity contribution is 7.91. The Labute approximate surface area is 143 Å². The van der Waals surface area contributed by atoms with Crippen LogP contribution >= 0.6 is 11.3 Å². The molecule has 2 aromatic rings. The summed E-state index contributed by atoms with van der Waals surface area (Å²) < 4.78 is 32.3. The molecule has 2 amide bonds. The maximum absolute atomic E-state index is 12.2. The number of nitrogens with zero attached hydrogens (tertiary/aromatic N) is 2. The summed E-state index contributed by atoms with van der Waals surface area (Å²) in [6.45, 7) is 2.69. The maximum atomic E-state index is 12.2. The fraction of sp³-hybridized carbons (Fsp3) is 0.429. The van der Waals surface area contributed by atoms with Crippen LogP contribution in [0.15, 0.2) is 32.3 Å². The van der Waals surface area contributed by atoms with Crippen LogP contribution in [0.25, 0.3) is 0 Å². The van der Waals surface area contributed by atoms with E-state index in [-0.39, 0.29) is 12.1 Å². The first-order valence-electron chi connectivity index (χ1n) is 7.49. The predicted molar refractivity (Wildman–Crippen MR) is 89.5 cm³/mol. The fourth-order valence-electron chi connectivity index (χ4n) is 2.51. The van der Waals surface area contributed by atoms with Gasteiger partial charge in [0.2, 0.25) is 10.0 Å². The minimum Gasteiger partial charge on any atom is -0.360 e. The Bertz CT molecular complexity index is 793. The van der Waals surface area contributed by atoms with Crippen molar-refractivity contribution in [3.05, 3.63) is 29.3 Å². The van der Waals surface area contributed by atoms with Gasteiger partial charge in [-0.1, -0.05) is 11.2 Å². The molecule has 0 aromatic carbocycles. The van der Waals surface area contributed by atoms with Gasteiger partial charge in [-0.2, -0.15) is 0 Å². The molecule has 10 heteroatoms. The monoisotopic (exact) mass is 370 g/mol. The molecule has 130 valence electrons. The Balaban J connectivity index is 1.51. The summed E-state index contributed by atoms with van der Waals surface area (Å²) in [5.41, 5.74) is 0. The van der Waals surface area contributed by atoms with E-state index in [4.69, 9.17) is 4.52 Å². The van der Waals surface area contributed by atoms with Crippen LogP contribution in [0.1, 0.15) is 18.6 Å². The smallest absolute Gasteiger partial charge is 0.323 e. The van der Waals surface area contributed by atoms with Crippen LogP contribution < -0.4 is 10.0 Å². The molecule has 3 rings (SSSR count). The molecular formula is C14H18N4O4S2. The number of likely N-dealkylation sites (tertiary alicyclic amines) is 1. The number of thiophene rings is 1. The van der Waals surface area contributed by atoms with Crippen LogP contribution in [-0.4, -0.2) is 43.6 Å². The second-order valence-corrected chi connectivity index (χ2v) is 8.46. The number of aromatic nitrogens is 1. The molecule has 0 saturated carbocycles. The van der Waals surface area contributed by atoms with Gasteiger partial charge in [0, 0.05) is 25.2 Å². The number of piperidine rings is 1. The zero-order valence-corrected chi connectivity index (χ0v) is 14.7. The largest absolute Gasteiger partial charge is 0.360 e. The van der Waals surface area contributed by atoms with Gasteiger partial charge in [0.15, 0.2) is 5.82 Å². The number of hydrogen-bond acceptors (Lipinski definition) is 6. The summed E-state index contributed by atoms with van der Waals surface area (Å²) in [7, 11) is -3.47. The minimum absolute atomic E-state index is 0.171. The van der Waals surface area contributed by atoms with E-state index in [2.05, 4.69) is 15.2 Å².